The molecular formula is C28H25N7S. The fraction of sp³-hybridized carbons (Fsp3) is 0.214. The zero-order valence-corrected chi connectivity index (χ0v) is 20.8. The summed E-state index contributed by atoms with van der Waals surface area (Å²) in [6.45, 7) is 5.39. The minimum atomic E-state index is 0.711. The van der Waals surface area contributed by atoms with Gasteiger partial charge < -0.3 is 4.98 Å². The number of H-pyrrole nitrogens is 2. The van der Waals surface area contributed by atoms with Gasteiger partial charge in [0.25, 0.3) is 0 Å². The molecule has 1 saturated heterocycles. The van der Waals surface area contributed by atoms with Crippen molar-refractivity contribution in [2.24, 2.45) is 0 Å². The molecule has 0 amide bonds. The minimum Gasteiger partial charge on any atom is -0.336 e. The van der Waals surface area contributed by atoms with Gasteiger partial charge in [-0.15, -0.1) is 11.3 Å². The van der Waals surface area contributed by atoms with Crippen LogP contribution in [0, 0.1) is 6.92 Å². The van der Waals surface area contributed by atoms with E-state index in [1.807, 2.05) is 24.5 Å². The molecule has 0 bridgehead atoms. The molecule has 1 fully saturated rings. The topological polar surface area (TPSA) is 86.4 Å². The molecular weight excluding hydrogens is 466 g/mol. The Balaban J connectivity index is 1.28. The highest BCUT2D eigenvalue weighted by molar-refractivity contribution is 7.15. The first kappa shape index (κ1) is 21.4. The smallest absolute Gasteiger partial charge is 0.161 e. The first-order valence-electron chi connectivity index (χ1n) is 12.3. The fourth-order valence-corrected chi connectivity index (χ4v) is 5.95. The van der Waals surface area contributed by atoms with Crippen LogP contribution in [0.4, 0.5) is 0 Å². The highest BCUT2D eigenvalue weighted by atomic mass is 32.1. The number of nitrogens with zero attached hydrogens (tertiary/aromatic N) is 5. The third-order valence-electron chi connectivity index (χ3n) is 6.85. The SMILES string of the molecule is Cc1ccc(-c2cccc3[nH]c(-c4n[nH]c5ccc(-c6cncc(CN7CCCC7)c6)nc45)nc23)s1. The van der Waals surface area contributed by atoms with Crippen molar-refractivity contribution in [2.45, 2.75) is 26.3 Å². The van der Waals surface area contributed by atoms with E-state index in [2.05, 4.69) is 68.4 Å². The van der Waals surface area contributed by atoms with Gasteiger partial charge in [0.05, 0.1) is 22.2 Å². The van der Waals surface area contributed by atoms with E-state index in [0.29, 0.717) is 5.82 Å². The molecule has 6 aromatic rings. The average Bonchev–Trinajstić information content (AvgIpc) is 3.70. The quantitative estimate of drug-likeness (QED) is 0.300. The molecule has 0 radical (unpaired) electrons. The Morgan fingerprint density at radius 3 is 2.72 bits per heavy atom. The molecule has 1 aliphatic heterocycles. The normalized spacial score (nSPS) is 14.4. The van der Waals surface area contributed by atoms with E-state index in [9.17, 15) is 0 Å². The highest BCUT2D eigenvalue weighted by Gasteiger charge is 2.18. The molecule has 178 valence electrons. The number of nitrogens with one attached hydrogen (secondary N) is 2. The number of aryl methyl sites for hydroxylation is 1. The Morgan fingerprint density at radius 1 is 0.944 bits per heavy atom. The summed E-state index contributed by atoms with van der Waals surface area (Å²) in [5, 5.41) is 7.71. The van der Waals surface area contributed by atoms with Gasteiger partial charge in [-0.1, -0.05) is 12.1 Å². The first-order valence-corrected chi connectivity index (χ1v) is 13.1. The van der Waals surface area contributed by atoms with Crippen molar-refractivity contribution in [3.8, 4) is 33.2 Å². The fourth-order valence-electron chi connectivity index (χ4n) is 5.06. The second-order valence-electron chi connectivity index (χ2n) is 9.43. The van der Waals surface area contributed by atoms with Crippen molar-refractivity contribution >= 4 is 33.4 Å². The number of pyridine rings is 2. The van der Waals surface area contributed by atoms with Crippen LogP contribution >= 0.6 is 11.3 Å². The molecule has 2 N–H and O–H groups in total. The van der Waals surface area contributed by atoms with Gasteiger partial charge in [0.2, 0.25) is 0 Å². The number of hydrogen-bond acceptors (Lipinski definition) is 6. The molecule has 5 aromatic heterocycles. The van der Waals surface area contributed by atoms with Gasteiger partial charge in [-0.05, 0) is 74.8 Å². The molecule has 1 aromatic carbocycles. The van der Waals surface area contributed by atoms with Crippen LogP contribution in [0.5, 0.6) is 0 Å². The second kappa shape index (κ2) is 8.65. The Hall–Kier alpha value is -3.88. The summed E-state index contributed by atoms with van der Waals surface area (Å²) in [6, 6.07) is 16.8. The van der Waals surface area contributed by atoms with E-state index in [-0.39, 0.29) is 0 Å². The number of hydrogen-bond donors (Lipinski definition) is 2. The molecule has 8 heteroatoms. The van der Waals surface area contributed by atoms with E-state index in [1.54, 1.807) is 11.3 Å². The molecule has 0 saturated carbocycles. The van der Waals surface area contributed by atoms with E-state index >= 15 is 0 Å². The highest BCUT2D eigenvalue weighted by Crippen LogP contribution is 2.34. The van der Waals surface area contributed by atoms with Crippen molar-refractivity contribution in [3.63, 3.8) is 0 Å². The number of aromatic amines is 2. The van der Waals surface area contributed by atoms with Gasteiger partial charge in [-0.25, -0.2) is 9.97 Å². The lowest BCUT2D eigenvalue weighted by Gasteiger charge is -2.14. The summed E-state index contributed by atoms with van der Waals surface area (Å²) in [5.74, 6) is 0.711. The predicted molar refractivity (Wildman–Crippen MR) is 145 cm³/mol. The van der Waals surface area contributed by atoms with Crippen molar-refractivity contribution in [3.05, 3.63) is 71.4 Å². The van der Waals surface area contributed by atoms with Crippen molar-refractivity contribution < 1.29 is 0 Å². The van der Waals surface area contributed by atoms with E-state index in [1.165, 1.54) is 28.2 Å². The van der Waals surface area contributed by atoms with Crippen LogP contribution in [-0.4, -0.2) is 48.1 Å². The standard InChI is InChI=1S/C28H25N7S/c1-17-7-10-24(36-17)20-5-4-6-22-25(20)32-28(31-22)27-26-23(33-34-27)9-8-21(30-26)19-13-18(14-29-15-19)16-35-11-2-3-12-35/h4-10,13-15H,2-3,11-12,16H2,1H3,(H,31,32)(H,33,34). The molecule has 6 heterocycles. The molecule has 0 aliphatic carbocycles. The van der Waals surface area contributed by atoms with Crippen molar-refractivity contribution in [1.82, 2.24) is 35.0 Å². The monoisotopic (exact) mass is 491 g/mol. The third kappa shape index (κ3) is 3.79. The third-order valence-corrected chi connectivity index (χ3v) is 7.88. The van der Waals surface area contributed by atoms with Gasteiger partial charge >= 0.3 is 0 Å². The zero-order valence-electron chi connectivity index (χ0n) is 20.0. The Bertz CT molecular complexity index is 1700. The van der Waals surface area contributed by atoms with Crippen LogP contribution in [-0.2, 0) is 6.54 Å². The number of imidazole rings is 1. The van der Waals surface area contributed by atoms with Gasteiger partial charge in [0.1, 0.15) is 5.52 Å². The maximum Gasteiger partial charge on any atom is 0.161 e. The summed E-state index contributed by atoms with van der Waals surface area (Å²) in [6.07, 6.45) is 6.41. The number of fused-ring (bicyclic) bond motifs is 2. The summed E-state index contributed by atoms with van der Waals surface area (Å²) < 4.78 is 0. The average molecular weight is 492 g/mol. The lowest BCUT2D eigenvalue weighted by molar-refractivity contribution is 0.331. The lowest BCUT2D eigenvalue weighted by atomic mass is 10.1. The van der Waals surface area contributed by atoms with Crippen LogP contribution < -0.4 is 0 Å². The predicted octanol–water partition coefficient (Wildman–Crippen LogP) is 6.20. The van der Waals surface area contributed by atoms with Crippen LogP contribution in [0.3, 0.4) is 0 Å². The van der Waals surface area contributed by atoms with Gasteiger partial charge in [-0.3, -0.25) is 15.0 Å². The number of rotatable bonds is 5. The number of aromatic nitrogens is 6. The summed E-state index contributed by atoms with van der Waals surface area (Å²) in [5.41, 5.74) is 8.57. The lowest BCUT2D eigenvalue weighted by Crippen LogP contribution is -2.18. The Morgan fingerprint density at radius 2 is 1.86 bits per heavy atom. The van der Waals surface area contributed by atoms with Crippen LogP contribution in [0.25, 0.3) is 55.3 Å². The molecule has 7 rings (SSSR count). The minimum absolute atomic E-state index is 0.711. The first-order chi connectivity index (χ1) is 17.7. The van der Waals surface area contributed by atoms with E-state index in [0.717, 1.165) is 64.2 Å². The molecule has 36 heavy (non-hydrogen) atoms. The summed E-state index contributed by atoms with van der Waals surface area (Å²) in [4.78, 5) is 22.9. The van der Waals surface area contributed by atoms with E-state index < -0.39 is 0 Å². The Labute approximate surface area is 212 Å². The number of benzene rings is 1. The molecule has 0 spiro atoms. The van der Waals surface area contributed by atoms with Crippen molar-refractivity contribution in [2.75, 3.05) is 13.1 Å². The van der Waals surface area contributed by atoms with Crippen LogP contribution in [0.15, 0.2) is 60.9 Å². The van der Waals surface area contributed by atoms with Gasteiger partial charge in [0.15, 0.2) is 11.5 Å². The summed E-state index contributed by atoms with van der Waals surface area (Å²) in [7, 11) is 0. The maximum absolute atomic E-state index is 5.00. The second-order valence-corrected chi connectivity index (χ2v) is 10.7. The largest absolute Gasteiger partial charge is 0.336 e. The van der Waals surface area contributed by atoms with Crippen molar-refractivity contribution in [1.29, 1.82) is 0 Å². The van der Waals surface area contributed by atoms with Crippen LogP contribution in [0.2, 0.25) is 0 Å². The van der Waals surface area contributed by atoms with Crippen LogP contribution in [0.1, 0.15) is 23.3 Å². The summed E-state index contributed by atoms with van der Waals surface area (Å²) >= 11 is 1.78. The number of para-hydroxylation sites is 1. The molecule has 0 atom stereocenters. The maximum atomic E-state index is 5.00. The Kier molecular flexibility index (Phi) is 5.15. The molecule has 1 aliphatic rings. The van der Waals surface area contributed by atoms with Gasteiger partial charge in [0, 0.05) is 39.8 Å². The van der Waals surface area contributed by atoms with Gasteiger partial charge in [-0.2, -0.15) is 5.10 Å². The zero-order chi connectivity index (χ0) is 24.1. The van der Waals surface area contributed by atoms with E-state index in [4.69, 9.17) is 9.97 Å². The number of thiophene rings is 1. The molecule has 0 unspecified atom stereocenters. The number of likely N-dealkylation sites (tertiary alicyclic amines) is 1. The molecule has 7 nitrogen and oxygen atoms in total.